The highest BCUT2D eigenvalue weighted by Gasteiger charge is 2.15. The summed E-state index contributed by atoms with van der Waals surface area (Å²) in [7, 11) is 0. The lowest BCUT2D eigenvalue weighted by molar-refractivity contribution is 0.101. The van der Waals surface area contributed by atoms with E-state index in [1.54, 1.807) is 6.92 Å². The number of benzene rings is 7. The van der Waals surface area contributed by atoms with Crippen molar-refractivity contribution in [1.29, 1.82) is 0 Å². The predicted molar refractivity (Wildman–Crippen MR) is 165 cm³/mol. The maximum Gasteiger partial charge on any atom is 0.159 e. The van der Waals surface area contributed by atoms with Crippen molar-refractivity contribution in [3.63, 3.8) is 0 Å². The van der Waals surface area contributed by atoms with E-state index in [1.807, 2.05) is 18.2 Å². The summed E-state index contributed by atoms with van der Waals surface area (Å²) in [5.41, 5.74) is 7.48. The Labute approximate surface area is 228 Å². The Morgan fingerprint density at radius 3 is 1.54 bits per heavy atom. The predicted octanol–water partition coefficient (Wildman–Crippen LogP) is 10.3. The van der Waals surface area contributed by atoms with Gasteiger partial charge in [0.15, 0.2) is 5.78 Å². The standard InChI is InChI=1S/C38H26O/c1-25(39)28-21-29(33-20-19-32(26-11-3-2-4-12-26)35-16-7-8-17-36(33)35)23-30(22-28)38-24-27-13-5-6-14-31(27)34-15-9-10-18-37(34)38/h2-24H,1H3. The summed E-state index contributed by atoms with van der Waals surface area (Å²) in [5.74, 6) is 0.0633. The van der Waals surface area contributed by atoms with Gasteiger partial charge in [-0.05, 0) is 96.9 Å². The molecule has 0 saturated carbocycles. The monoisotopic (exact) mass is 498 g/mol. The number of carbonyl (C=O) groups is 1. The van der Waals surface area contributed by atoms with E-state index in [4.69, 9.17) is 0 Å². The van der Waals surface area contributed by atoms with Crippen molar-refractivity contribution in [2.45, 2.75) is 6.92 Å². The topological polar surface area (TPSA) is 17.1 Å². The van der Waals surface area contributed by atoms with Gasteiger partial charge in [0.2, 0.25) is 0 Å². The van der Waals surface area contributed by atoms with Gasteiger partial charge in [-0.25, -0.2) is 0 Å². The van der Waals surface area contributed by atoms with Crippen LogP contribution < -0.4 is 0 Å². The Morgan fingerprint density at radius 2 is 0.897 bits per heavy atom. The summed E-state index contributed by atoms with van der Waals surface area (Å²) in [6.45, 7) is 1.65. The molecule has 0 atom stereocenters. The first-order chi connectivity index (χ1) is 19.2. The first kappa shape index (κ1) is 23.1. The molecular formula is C38H26O. The molecule has 0 radical (unpaired) electrons. The van der Waals surface area contributed by atoms with Crippen LogP contribution in [0.3, 0.4) is 0 Å². The lowest BCUT2D eigenvalue weighted by atomic mass is 9.88. The number of rotatable bonds is 4. The Hall–Kier alpha value is -5.01. The molecular weight excluding hydrogens is 472 g/mol. The smallest absolute Gasteiger partial charge is 0.159 e. The van der Waals surface area contributed by atoms with Crippen LogP contribution in [0, 0.1) is 0 Å². The molecule has 7 aromatic rings. The van der Waals surface area contributed by atoms with Crippen molar-refractivity contribution in [3.05, 3.63) is 145 Å². The average Bonchev–Trinajstić information content (AvgIpc) is 3.00. The van der Waals surface area contributed by atoms with Crippen molar-refractivity contribution in [3.8, 4) is 33.4 Å². The van der Waals surface area contributed by atoms with Gasteiger partial charge < -0.3 is 0 Å². The van der Waals surface area contributed by atoms with Crippen LogP contribution in [0.4, 0.5) is 0 Å². The lowest BCUT2D eigenvalue weighted by Gasteiger charge is -2.16. The zero-order chi connectivity index (χ0) is 26.3. The second-order valence-corrected chi connectivity index (χ2v) is 10.1. The SMILES string of the molecule is CC(=O)c1cc(-c2ccc(-c3ccccc3)c3ccccc23)cc(-c2cc3ccccc3c3ccccc23)c1. The summed E-state index contributed by atoms with van der Waals surface area (Å²) in [5, 5.41) is 7.21. The minimum Gasteiger partial charge on any atom is -0.295 e. The second kappa shape index (κ2) is 9.38. The zero-order valence-electron chi connectivity index (χ0n) is 21.7. The maximum atomic E-state index is 12.8. The van der Waals surface area contributed by atoms with E-state index < -0.39 is 0 Å². The molecule has 0 spiro atoms. The van der Waals surface area contributed by atoms with E-state index >= 15 is 0 Å². The maximum absolute atomic E-state index is 12.8. The van der Waals surface area contributed by atoms with Crippen molar-refractivity contribution in [1.82, 2.24) is 0 Å². The number of ketones is 1. The van der Waals surface area contributed by atoms with Gasteiger partial charge in [0.1, 0.15) is 0 Å². The van der Waals surface area contributed by atoms with Gasteiger partial charge in [-0.15, -0.1) is 0 Å². The molecule has 0 aliphatic rings. The van der Waals surface area contributed by atoms with E-state index in [0.29, 0.717) is 0 Å². The fraction of sp³-hybridized carbons (Fsp3) is 0.0263. The van der Waals surface area contributed by atoms with Gasteiger partial charge >= 0.3 is 0 Å². The summed E-state index contributed by atoms with van der Waals surface area (Å²) >= 11 is 0. The average molecular weight is 499 g/mol. The van der Waals surface area contributed by atoms with Crippen molar-refractivity contribution >= 4 is 38.1 Å². The third kappa shape index (κ3) is 4.00. The number of hydrogen-bond acceptors (Lipinski definition) is 1. The van der Waals surface area contributed by atoms with Gasteiger partial charge in [0.05, 0.1) is 0 Å². The Kier molecular flexibility index (Phi) is 5.56. The second-order valence-electron chi connectivity index (χ2n) is 10.1. The number of hydrogen-bond donors (Lipinski definition) is 0. The van der Waals surface area contributed by atoms with Gasteiger partial charge in [0.25, 0.3) is 0 Å². The van der Waals surface area contributed by atoms with Crippen LogP contribution in [-0.4, -0.2) is 5.78 Å². The first-order valence-corrected chi connectivity index (χ1v) is 13.3. The quantitative estimate of drug-likeness (QED) is 0.174. The molecule has 1 heteroatoms. The molecule has 0 fully saturated rings. The zero-order valence-corrected chi connectivity index (χ0v) is 21.7. The molecule has 0 saturated heterocycles. The van der Waals surface area contributed by atoms with E-state index in [-0.39, 0.29) is 5.78 Å². The molecule has 0 bridgehead atoms. The van der Waals surface area contributed by atoms with E-state index in [9.17, 15) is 4.79 Å². The normalized spacial score (nSPS) is 11.3. The fourth-order valence-electron chi connectivity index (χ4n) is 5.86. The molecule has 0 heterocycles. The highest BCUT2D eigenvalue weighted by atomic mass is 16.1. The van der Waals surface area contributed by atoms with Crippen LogP contribution in [0.25, 0.3) is 65.7 Å². The van der Waals surface area contributed by atoms with Crippen molar-refractivity contribution in [2.75, 3.05) is 0 Å². The number of carbonyl (C=O) groups excluding carboxylic acids is 1. The molecule has 0 unspecified atom stereocenters. The van der Waals surface area contributed by atoms with E-state index in [2.05, 4.69) is 121 Å². The lowest BCUT2D eigenvalue weighted by Crippen LogP contribution is -1.95. The van der Waals surface area contributed by atoms with Crippen molar-refractivity contribution < 1.29 is 4.79 Å². The summed E-state index contributed by atoms with van der Waals surface area (Å²) in [6, 6.07) is 49.1. The van der Waals surface area contributed by atoms with E-state index in [0.717, 1.165) is 27.8 Å². The molecule has 184 valence electrons. The fourth-order valence-corrected chi connectivity index (χ4v) is 5.86. The molecule has 7 aromatic carbocycles. The van der Waals surface area contributed by atoms with Crippen LogP contribution in [0.2, 0.25) is 0 Å². The summed E-state index contributed by atoms with van der Waals surface area (Å²) < 4.78 is 0. The van der Waals surface area contributed by atoms with Gasteiger partial charge in [-0.1, -0.05) is 115 Å². The molecule has 0 aliphatic heterocycles. The number of Topliss-reactive ketones (excluding diaryl/α,β-unsaturated/α-hetero) is 1. The first-order valence-electron chi connectivity index (χ1n) is 13.3. The molecule has 39 heavy (non-hydrogen) atoms. The van der Waals surface area contributed by atoms with Gasteiger partial charge in [-0.3, -0.25) is 4.79 Å². The highest BCUT2D eigenvalue weighted by molar-refractivity contribution is 6.14. The molecule has 0 N–H and O–H groups in total. The van der Waals surface area contributed by atoms with Crippen LogP contribution in [0.5, 0.6) is 0 Å². The summed E-state index contributed by atoms with van der Waals surface area (Å²) in [4.78, 5) is 12.8. The molecule has 0 aliphatic carbocycles. The highest BCUT2D eigenvalue weighted by Crippen LogP contribution is 2.40. The summed E-state index contributed by atoms with van der Waals surface area (Å²) in [6.07, 6.45) is 0. The van der Waals surface area contributed by atoms with Gasteiger partial charge in [0, 0.05) is 5.56 Å². The Morgan fingerprint density at radius 1 is 0.410 bits per heavy atom. The molecule has 7 rings (SSSR count). The Balaban J connectivity index is 1.50. The third-order valence-electron chi connectivity index (χ3n) is 7.74. The largest absolute Gasteiger partial charge is 0.295 e. The molecule has 0 aromatic heterocycles. The third-order valence-corrected chi connectivity index (χ3v) is 7.74. The van der Waals surface area contributed by atoms with Gasteiger partial charge in [-0.2, -0.15) is 0 Å². The van der Waals surface area contributed by atoms with Crippen LogP contribution >= 0.6 is 0 Å². The van der Waals surface area contributed by atoms with Crippen LogP contribution in [0.15, 0.2) is 140 Å². The van der Waals surface area contributed by atoms with Crippen molar-refractivity contribution in [2.24, 2.45) is 0 Å². The molecule has 0 amide bonds. The van der Waals surface area contributed by atoms with E-state index in [1.165, 1.54) is 43.4 Å². The minimum atomic E-state index is 0.0633. The van der Waals surface area contributed by atoms with Crippen LogP contribution in [0.1, 0.15) is 17.3 Å². The number of fused-ring (bicyclic) bond motifs is 4. The van der Waals surface area contributed by atoms with Crippen LogP contribution in [-0.2, 0) is 0 Å². The Bertz CT molecular complexity index is 2030. The molecule has 1 nitrogen and oxygen atoms in total. The minimum absolute atomic E-state index is 0.0633.